The first kappa shape index (κ1) is 23.1. The Morgan fingerprint density at radius 3 is 2.56 bits per heavy atom. The lowest BCUT2D eigenvalue weighted by molar-refractivity contribution is -0.122. The summed E-state index contributed by atoms with van der Waals surface area (Å²) in [7, 11) is 0. The lowest BCUT2D eigenvalue weighted by Gasteiger charge is -2.06. The number of rotatable bonds is 13. The monoisotopic (exact) mass is 434 g/mol. The Morgan fingerprint density at radius 2 is 1.78 bits per heavy atom. The van der Waals surface area contributed by atoms with E-state index in [-0.39, 0.29) is 12.5 Å². The second kappa shape index (κ2) is 13.0. The van der Waals surface area contributed by atoms with E-state index in [1.165, 1.54) is 36.9 Å². The Balaban J connectivity index is 1.36. The molecule has 1 N–H and O–H groups in total. The molecule has 1 heterocycles. The third-order valence-electron chi connectivity index (χ3n) is 4.82. The van der Waals surface area contributed by atoms with Crippen LogP contribution in [0.5, 0.6) is 5.75 Å². The van der Waals surface area contributed by atoms with Crippen LogP contribution >= 0.6 is 0 Å². The van der Waals surface area contributed by atoms with Gasteiger partial charge in [-0.15, -0.1) is 10.2 Å². The number of hydrazone groups is 1. The average Bonchev–Trinajstić information content (AvgIpc) is 3.28. The Bertz CT molecular complexity index is 970. The molecule has 0 spiro atoms. The molecule has 8 nitrogen and oxygen atoms in total. The molecule has 3 rings (SSSR count). The highest BCUT2D eigenvalue weighted by atomic mass is 16.5. The van der Waals surface area contributed by atoms with Crippen LogP contribution in [0.2, 0.25) is 0 Å². The molecule has 1 amide bonds. The number of benzene rings is 2. The molecule has 0 saturated heterocycles. The number of aromatic nitrogens is 4. The number of nitrogens with zero attached hydrogens (tertiary/aromatic N) is 5. The van der Waals surface area contributed by atoms with Gasteiger partial charge >= 0.3 is 0 Å². The molecule has 0 unspecified atom stereocenters. The summed E-state index contributed by atoms with van der Waals surface area (Å²) in [5.74, 6) is 0.976. The van der Waals surface area contributed by atoms with Crippen LogP contribution in [0.3, 0.4) is 0 Å². The summed E-state index contributed by atoms with van der Waals surface area (Å²) in [5.41, 5.74) is 4.18. The Labute approximate surface area is 188 Å². The highest BCUT2D eigenvalue weighted by Gasteiger charge is 2.08. The van der Waals surface area contributed by atoms with Gasteiger partial charge in [0, 0.05) is 5.56 Å². The zero-order valence-corrected chi connectivity index (χ0v) is 18.5. The molecule has 0 aliphatic heterocycles. The number of nitrogens with one attached hydrogen (secondary N) is 1. The number of unbranched alkanes of at least 4 members (excludes halogenated alkanes) is 5. The summed E-state index contributed by atoms with van der Waals surface area (Å²) >= 11 is 0. The molecule has 3 aromatic rings. The van der Waals surface area contributed by atoms with Crippen molar-refractivity contribution in [1.82, 2.24) is 25.6 Å². The standard InChI is InChI=1S/C24H30N6O2/c1-2-3-4-5-6-10-17-32-22-15-13-20(14-16-22)18-25-26-23(31)19-30-28-24(27-29-30)21-11-8-7-9-12-21/h7-9,11-16,18H,2-6,10,17,19H2,1H3,(H,26,31). The number of carbonyl (C=O) groups excluding carboxylic acids is 1. The van der Waals surface area contributed by atoms with Crippen LogP contribution in [0, 0.1) is 0 Å². The largest absolute Gasteiger partial charge is 0.494 e. The van der Waals surface area contributed by atoms with Crippen LogP contribution < -0.4 is 10.2 Å². The molecule has 32 heavy (non-hydrogen) atoms. The minimum atomic E-state index is -0.336. The predicted octanol–water partition coefficient (Wildman–Crippen LogP) is 4.23. The highest BCUT2D eigenvalue weighted by Crippen LogP contribution is 2.13. The van der Waals surface area contributed by atoms with Crippen molar-refractivity contribution in [3.05, 3.63) is 60.2 Å². The molecular formula is C24H30N6O2. The van der Waals surface area contributed by atoms with E-state index < -0.39 is 0 Å². The van der Waals surface area contributed by atoms with Gasteiger partial charge in [-0.2, -0.15) is 9.90 Å². The van der Waals surface area contributed by atoms with Crippen LogP contribution in [-0.4, -0.2) is 38.9 Å². The van der Waals surface area contributed by atoms with Crippen LogP contribution in [0.15, 0.2) is 59.7 Å². The number of hydrogen-bond acceptors (Lipinski definition) is 6. The molecule has 0 bridgehead atoms. The van der Waals surface area contributed by atoms with Crippen molar-refractivity contribution in [1.29, 1.82) is 0 Å². The fraction of sp³-hybridized carbons (Fsp3) is 0.375. The minimum absolute atomic E-state index is 0.0671. The Kier molecular flexibility index (Phi) is 9.39. The highest BCUT2D eigenvalue weighted by molar-refractivity contribution is 5.82. The molecule has 1 aromatic heterocycles. The van der Waals surface area contributed by atoms with Crippen molar-refractivity contribution in [2.24, 2.45) is 5.10 Å². The van der Waals surface area contributed by atoms with E-state index in [0.717, 1.165) is 29.9 Å². The third-order valence-corrected chi connectivity index (χ3v) is 4.82. The molecular weight excluding hydrogens is 404 g/mol. The van der Waals surface area contributed by atoms with Gasteiger partial charge in [-0.25, -0.2) is 5.43 Å². The summed E-state index contributed by atoms with van der Waals surface area (Å²) in [5, 5.41) is 16.1. The smallest absolute Gasteiger partial charge is 0.263 e. The maximum Gasteiger partial charge on any atom is 0.263 e. The molecule has 0 aliphatic carbocycles. The topological polar surface area (TPSA) is 94.3 Å². The Morgan fingerprint density at radius 1 is 1.03 bits per heavy atom. The van der Waals surface area contributed by atoms with E-state index in [0.29, 0.717) is 5.82 Å². The SMILES string of the molecule is CCCCCCCCOc1ccc(C=NNC(=O)Cn2nnc(-c3ccccc3)n2)cc1. The molecule has 0 radical (unpaired) electrons. The fourth-order valence-corrected chi connectivity index (χ4v) is 3.08. The number of amides is 1. The second-order valence-electron chi connectivity index (χ2n) is 7.49. The first-order valence-electron chi connectivity index (χ1n) is 11.1. The van der Waals surface area contributed by atoms with Gasteiger partial charge < -0.3 is 4.74 Å². The van der Waals surface area contributed by atoms with Gasteiger partial charge in [0.25, 0.3) is 5.91 Å². The van der Waals surface area contributed by atoms with E-state index >= 15 is 0 Å². The number of carbonyl (C=O) groups is 1. The third kappa shape index (κ3) is 7.94. The maximum atomic E-state index is 12.1. The van der Waals surface area contributed by atoms with Gasteiger partial charge in [-0.1, -0.05) is 69.4 Å². The van der Waals surface area contributed by atoms with Gasteiger partial charge in [0.15, 0.2) is 0 Å². The molecule has 8 heteroatoms. The van der Waals surface area contributed by atoms with Gasteiger partial charge in [0.2, 0.25) is 5.82 Å². The van der Waals surface area contributed by atoms with Gasteiger partial charge in [0.1, 0.15) is 12.3 Å². The number of hydrogen-bond donors (Lipinski definition) is 1. The van der Waals surface area contributed by atoms with Gasteiger partial charge in [-0.3, -0.25) is 4.79 Å². The van der Waals surface area contributed by atoms with Crippen LogP contribution in [-0.2, 0) is 11.3 Å². The van der Waals surface area contributed by atoms with Crippen LogP contribution in [0.4, 0.5) is 0 Å². The van der Waals surface area contributed by atoms with E-state index in [9.17, 15) is 4.79 Å². The van der Waals surface area contributed by atoms with E-state index in [1.807, 2.05) is 54.6 Å². The lowest BCUT2D eigenvalue weighted by atomic mass is 10.1. The van der Waals surface area contributed by atoms with E-state index in [4.69, 9.17) is 4.74 Å². The molecule has 2 aromatic carbocycles. The van der Waals surface area contributed by atoms with Crippen molar-refractivity contribution < 1.29 is 9.53 Å². The lowest BCUT2D eigenvalue weighted by Crippen LogP contribution is -2.24. The molecule has 0 saturated carbocycles. The second-order valence-corrected chi connectivity index (χ2v) is 7.49. The summed E-state index contributed by atoms with van der Waals surface area (Å²) < 4.78 is 5.77. The fourth-order valence-electron chi connectivity index (χ4n) is 3.08. The molecule has 168 valence electrons. The predicted molar refractivity (Wildman–Crippen MR) is 124 cm³/mol. The maximum absolute atomic E-state index is 12.1. The normalized spacial score (nSPS) is 11.0. The summed E-state index contributed by atoms with van der Waals surface area (Å²) in [6.07, 6.45) is 9.04. The molecule has 0 atom stereocenters. The quantitative estimate of drug-likeness (QED) is 0.247. The van der Waals surface area contributed by atoms with Gasteiger partial charge in [-0.05, 0) is 41.5 Å². The summed E-state index contributed by atoms with van der Waals surface area (Å²) in [6.45, 7) is 2.89. The zero-order chi connectivity index (χ0) is 22.4. The first-order chi connectivity index (χ1) is 15.7. The van der Waals surface area contributed by atoms with Gasteiger partial charge in [0.05, 0.1) is 12.8 Å². The van der Waals surface area contributed by atoms with Crippen molar-refractivity contribution in [2.45, 2.75) is 52.0 Å². The summed E-state index contributed by atoms with van der Waals surface area (Å²) in [4.78, 5) is 13.3. The first-order valence-corrected chi connectivity index (χ1v) is 11.1. The molecule has 0 fully saturated rings. The van der Waals surface area contributed by atoms with E-state index in [1.54, 1.807) is 6.21 Å². The number of ether oxygens (including phenoxy) is 1. The zero-order valence-electron chi connectivity index (χ0n) is 18.5. The van der Waals surface area contributed by atoms with Crippen LogP contribution in [0.1, 0.15) is 51.0 Å². The minimum Gasteiger partial charge on any atom is -0.494 e. The number of tetrazole rings is 1. The summed E-state index contributed by atoms with van der Waals surface area (Å²) in [6, 6.07) is 17.1. The van der Waals surface area contributed by atoms with Crippen molar-refractivity contribution in [3.8, 4) is 17.1 Å². The van der Waals surface area contributed by atoms with Crippen molar-refractivity contribution in [2.75, 3.05) is 6.61 Å². The Hall–Kier alpha value is -3.55. The average molecular weight is 435 g/mol. The van der Waals surface area contributed by atoms with Crippen LogP contribution in [0.25, 0.3) is 11.4 Å². The van der Waals surface area contributed by atoms with Crippen molar-refractivity contribution >= 4 is 12.1 Å². The van der Waals surface area contributed by atoms with Crippen molar-refractivity contribution in [3.63, 3.8) is 0 Å². The molecule has 0 aliphatic rings. The van der Waals surface area contributed by atoms with E-state index in [2.05, 4.69) is 32.9 Å².